The van der Waals surface area contributed by atoms with Gasteiger partial charge in [0.15, 0.2) is 6.10 Å². The monoisotopic (exact) mass is 291 g/mol. The number of nitriles is 1. The molecule has 1 aromatic rings. The highest BCUT2D eigenvalue weighted by atomic mass is 79.9. The Hall–Kier alpha value is -0.790. The summed E-state index contributed by atoms with van der Waals surface area (Å²) in [7, 11) is 0. The molecule has 0 N–H and O–H groups in total. The summed E-state index contributed by atoms with van der Waals surface area (Å²) in [5, 5.41) is 8.71. The van der Waals surface area contributed by atoms with Gasteiger partial charge in [-0.1, -0.05) is 18.5 Å². The van der Waals surface area contributed by atoms with E-state index in [1.54, 1.807) is 0 Å². The number of halogens is 3. The van der Waals surface area contributed by atoms with Gasteiger partial charge in [0.25, 0.3) is 0 Å². The number of benzene rings is 1. The molecule has 5 heteroatoms. The first-order valence-corrected chi connectivity index (χ1v) is 5.46. The van der Waals surface area contributed by atoms with Crippen molar-refractivity contribution in [2.24, 2.45) is 0 Å². The molecule has 0 bridgehead atoms. The maximum Gasteiger partial charge on any atom is 0.184 e. The third-order valence-electron chi connectivity index (χ3n) is 1.76. The minimum Gasteiger partial charge on any atom is -0.474 e. The van der Waals surface area contributed by atoms with Crippen molar-refractivity contribution in [3.63, 3.8) is 0 Å². The molecule has 1 rings (SSSR count). The van der Waals surface area contributed by atoms with Crippen LogP contribution in [0.3, 0.4) is 0 Å². The van der Waals surface area contributed by atoms with Gasteiger partial charge in [0.05, 0.1) is 9.50 Å². The fraction of sp³-hybridized carbons (Fsp3) is 0.300. The number of nitrogens with zero attached hydrogens (tertiary/aromatic N) is 1. The topological polar surface area (TPSA) is 33.0 Å². The van der Waals surface area contributed by atoms with Crippen molar-refractivity contribution in [3.05, 3.63) is 27.4 Å². The summed E-state index contributed by atoms with van der Waals surface area (Å²) in [5.41, 5.74) is 0. The second-order valence-electron chi connectivity index (χ2n) is 2.84. The predicted molar refractivity (Wildman–Crippen MR) is 59.4 cm³/mol. The summed E-state index contributed by atoms with van der Waals surface area (Å²) < 4.78 is 18.9. The molecule has 0 aliphatic rings. The Morgan fingerprint density at radius 3 is 2.87 bits per heavy atom. The third kappa shape index (κ3) is 3.08. The van der Waals surface area contributed by atoms with Gasteiger partial charge in [-0.3, -0.25) is 0 Å². The molecule has 0 heterocycles. The molecule has 0 aliphatic carbocycles. The van der Waals surface area contributed by atoms with Gasteiger partial charge in [0, 0.05) is 6.07 Å². The van der Waals surface area contributed by atoms with E-state index in [1.165, 1.54) is 6.07 Å². The van der Waals surface area contributed by atoms with E-state index in [0.29, 0.717) is 10.9 Å². The van der Waals surface area contributed by atoms with Crippen molar-refractivity contribution < 1.29 is 9.13 Å². The normalized spacial score (nSPS) is 11.9. The van der Waals surface area contributed by atoms with Crippen LogP contribution >= 0.6 is 27.5 Å². The first-order chi connectivity index (χ1) is 7.08. The van der Waals surface area contributed by atoms with Crippen LogP contribution in [-0.2, 0) is 0 Å². The average molecular weight is 293 g/mol. The first-order valence-electron chi connectivity index (χ1n) is 4.29. The maximum atomic E-state index is 13.1. The third-order valence-corrected chi connectivity index (χ3v) is 2.67. The number of rotatable bonds is 3. The van der Waals surface area contributed by atoms with Crippen molar-refractivity contribution in [1.82, 2.24) is 0 Å². The van der Waals surface area contributed by atoms with E-state index >= 15 is 0 Å². The summed E-state index contributed by atoms with van der Waals surface area (Å²) in [4.78, 5) is 0. The van der Waals surface area contributed by atoms with Gasteiger partial charge in [-0.15, -0.1) is 0 Å². The van der Waals surface area contributed by atoms with Crippen molar-refractivity contribution in [2.75, 3.05) is 0 Å². The van der Waals surface area contributed by atoms with E-state index in [0.717, 1.165) is 6.07 Å². The molecule has 0 fully saturated rings. The highest BCUT2D eigenvalue weighted by Crippen LogP contribution is 2.31. The van der Waals surface area contributed by atoms with Gasteiger partial charge >= 0.3 is 0 Å². The molecule has 1 unspecified atom stereocenters. The van der Waals surface area contributed by atoms with Crippen LogP contribution in [0.5, 0.6) is 5.75 Å². The zero-order valence-corrected chi connectivity index (χ0v) is 10.3. The van der Waals surface area contributed by atoms with E-state index in [2.05, 4.69) is 15.9 Å². The Balaban J connectivity index is 2.96. The number of ether oxygens (including phenoxy) is 1. The molecule has 0 amide bonds. The minimum atomic E-state index is -0.582. The fourth-order valence-corrected chi connectivity index (χ4v) is 1.68. The second kappa shape index (κ2) is 5.34. The van der Waals surface area contributed by atoms with Crippen molar-refractivity contribution in [1.29, 1.82) is 5.26 Å². The molecule has 0 radical (unpaired) electrons. The fourth-order valence-electron chi connectivity index (χ4n) is 0.949. The second-order valence-corrected chi connectivity index (χ2v) is 4.10. The predicted octanol–water partition coefficient (Wildman–Crippen LogP) is 3.92. The molecule has 0 saturated heterocycles. The van der Waals surface area contributed by atoms with Gasteiger partial charge in [-0.2, -0.15) is 5.26 Å². The van der Waals surface area contributed by atoms with Gasteiger partial charge < -0.3 is 4.74 Å². The van der Waals surface area contributed by atoms with Gasteiger partial charge in [0.2, 0.25) is 0 Å². The van der Waals surface area contributed by atoms with Crippen LogP contribution in [0.15, 0.2) is 16.6 Å². The first kappa shape index (κ1) is 12.3. The molecule has 0 saturated carbocycles. The molecule has 0 spiro atoms. The van der Waals surface area contributed by atoms with Crippen LogP contribution in [0.4, 0.5) is 4.39 Å². The van der Waals surface area contributed by atoms with Crippen LogP contribution in [0.1, 0.15) is 13.3 Å². The maximum absolute atomic E-state index is 13.1. The Morgan fingerprint density at radius 2 is 2.33 bits per heavy atom. The summed E-state index contributed by atoms with van der Waals surface area (Å²) in [6, 6.07) is 4.52. The highest BCUT2D eigenvalue weighted by molar-refractivity contribution is 9.10. The average Bonchev–Trinajstić information content (AvgIpc) is 2.21. The summed E-state index contributed by atoms with van der Waals surface area (Å²) in [5.74, 6) is -0.284. The lowest BCUT2D eigenvalue weighted by atomic mass is 10.3. The number of hydrogen-bond acceptors (Lipinski definition) is 2. The Labute approximate surface area is 101 Å². The van der Waals surface area contributed by atoms with Crippen LogP contribution in [0, 0.1) is 17.1 Å². The summed E-state index contributed by atoms with van der Waals surface area (Å²) in [6.45, 7) is 1.81. The molecular formula is C10H8BrClFNO. The smallest absolute Gasteiger partial charge is 0.184 e. The lowest BCUT2D eigenvalue weighted by molar-refractivity contribution is 0.249. The quantitative estimate of drug-likeness (QED) is 0.791. The van der Waals surface area contributed by atoms with Crippen LogP contribution in [-0.4, -0.2) is 6.10 Å². The number of hydrogen-bond donors (Lipinski definition) is 0. The van der Waals surface area contributed by atoms with Crippen molar-refractivity contribution in [3.8, 4) is 11.8 Å². The summed E-state index contributed by atoms with van der Waals surface area (Å²) in [6.07, 6.45) is -0.0467. The molecule has 15 heavy (non-hydrogen) atoms. The highest BCUT2D eigenvalue weighted by Gasteiger charge is 2.12. The lowest BCUT2D eigenvalue weighted by Gasteiger charge is -2.12. The Bertz CT molecular complexity index is 405. The van der Waals surface area contributed by atoms with E-state index in [9.17, 15) is 4.39 Å². The van der Waals surface area contributed by atoms with E-state index in [1.807, 2.05) is 13.0 Å². The molecular weight excluding hydrogens is 284 g/mol. The van der Waals surface area contributed by atoms with Crippen molar-refractivity contribution >= 4 is 27.5 Å². The molecule has 1 atom stereocenters. The molecule has 80 valence electrons. The largest absolute Gasteiger partial charge is 0.474 e. The molecule has 0 aromatic heterocycles. The van der Waals surface area contributed by atoms with Crippen LogP contribution < -0.4 is 4.74 Å². The van der Waals surface area contributed by atoms with E-state index < -0.39 is 11.9 Å². The minimum absolute atomic E-state index is 0.0132. The standard InChI is InChI=1S/C10H8BrClFNO/c1-2-6(5-14)15-10-4-9(13)8(12)3-7(10)11/h3-4,6H,2H2,1H3. The van der Waals surface area contributed by atoms with Gasteiger partial charge in [-0.25, -0.2) is 4.39 Å². The Morgan fingerprint density at radius 1 is 1.67 bits per heavy atom. The van der Waals surface area contributed by atoms with E-state index in [4.69, 9.17) is 21.6 Å². The molecule has 2 nitrogen and oxygen atoms in total. The van der Waals surface area contributed by atoms with Crippen LogP contribution in [0.25, 0.3) is 0 Å². The van der Waals surface area contributed by atoms with Gasteiger partial charge in [-0.05, 0) is 28.4 Å². The Kier molecular flexibility index (Phi) is 4.37. The van der Waals surface area contributed by atoms with Crippen LogP contribution in [0.2, 0.25) is 5.02 Å². The zero-order valence-electron chi connectivity index (χ0n) is 7.93. The molecule has 1 aromatic carbocycles. The van der Waals surface area contributed by atoms with Crippen molar-refractivity contribution in [2.45, 2.75) is 19.4 Å². The summed E-state index contributed by atoms with van der Waals surface area (Å²) >= 11 is 8.75. The van der Waals surface area contributed by atoms with Gasteiger partial charge in [0.1, 0.15) is 17.6 Å². The lowest BCUT2D eigenvalue weighted by Crippen LogP contribution is -2.12. The zero-order chi connectivity index (χ0) is 11.4. The molecule has 0 aliphatic heterocycles. The van der Waals surface area contributed by atoms with E-state index in [-0.39, 0.29) is 10.8 Å². The SMILES string of the molecule is CCC(C#N)Oc1cc(F)c(Cl)cc1Br.